The Kier molecular flexibility index (Phi) is 5.44. The number of nitrogens with one attached hydrogen (secondary N) is 1. The van der Waals surface area contributed by atoms with Gasteiger partial charge in [-0.15, -0.1) is 11.3 Å². The molecule has 1 amide bonds. The van der Waals surface area contributed by atoms with Gasteiger partial charge in [0.1, 0.15) is 5.00 Å². The Hall–Kier alpha value is -1.41. The van der Waals surface area contributed by atoms with Gasteiger partial charge in [-0.1, -0.05) is 15.9 Å². The van der Waals surface area contributed by atoms with Crippen LogP contribution in [0.3, 0.4) is 0 Å². The smallest absolute Gasteiger partial charge is 0.341 e. The van der Waals surface area contributed by atoms with Crippen molar-refractivity contribution in [1.82, 2.24) is 0 Å². The molecule has 2 unspecified atom stereocenters. The molecule has 0 aromatic carbocycles. The van der Waals surface area contributed by atoms with Crippen LogP contribution in [0.25, 0.3) is 0 Å². The molecular weight excluding hydrogens is 482 g/mol. The van der Waals surface area contributed by atoms with E-state index in [1.165, 1.54) is 17.8 Å². The van der Waals surface area contributed by atoms with Crippen molar-refractivity contribution < 1.29 is 23.9 Å². The fraction of sp³-hybridized carbons (Fsp3) is 0.696. The molecule has 5 aliphatic carbocycles. The Morgan fingerprint density at radius 1 is 1.16 bits per heavy atom. The van der Waals surface area contributed by atoms with Crippen molar-refractivity contribution in [2.45, 2.75) is 68.5 Å². The second-order valence-corrected chi connectivity index (χ2v) is 12.5. The highest BCUT2D eigenvalue weighted by atomic mass is 79.9. The fourth-order valence-electron chi connectivity index (χ4n) is 6.41. The summed E-state index contributed by atoms with van der Waals surface area (Å²) in [4.78, 5) is 38.1. The van der Waals surface area contributed by atoms with Crippen molar-refractivity contribution in [3.05, 3.63) is 16.5 Å². The van der Waals surface area contributed by atoms with E-state index in [1.54, 1.807) is 6.92 Å². The highest BCUT2D eigenvalue weighted by Crippen LogP contribution is 2.64. The van der Waals surface area contributed by atoms with Gasteiger partial charge in [-0.05, 0) is 87.0 Å². The molecule has 6 rings (SSSR count). The zero-order valence-corrected chi connectivity index (χ0v) is 20.1. The molecular formula is C23H28BrNO5S. The van der Waals surface area contributed by atoms with Crippen molar-refractivity contribution >= 4 is 50.1 Å². The molecule has 1 heterocycles. The summed E-state index contributed by atoms with van der Waals surface area (Å²) in [6.45, 7) is 1.72. The number of halogens is 1. The van der Waals surface area contributed by atoms with E-state index in [2.05, 4.69) is 21.2 Å². The van der Waals surface area contributed by atoms with E-state index in [4.69, 9.17) is 9.47 Å². The van der Waals surface area contributed by atoms with Gasteiger partial charge in [-0.25, -0.2) is 4.79 Å². The SMILES string of the molecule is CCOC(=O)c1c(C2CC2)csc1NC(=O)COC(=O)C12CC3CC(CC(Br)(C3)C1)C2. The first-order chi connectivity index (χ1) is 14.8. The van der Waals surface area contributed by atoms with Gasteiger partial charge in [0, 0.05) is 4.32 Å². The zero-order valence-electron chi connectivity index (χ0n) is 17.7. The molecule has 0 spiro atoms. The first kappa shape index (κ1) is 21.4. The number of carbonyl (C=O) groups is 3. The molecule has 8 heteroatoms. The molecule has 1 N–H and O–H groups in total. The number of ether oxygens (including phenoxy) is 2. The Morgan fingerprint density at radius 3 is 2.48 bits per heavy atom. The third-order valence-corrected chi connectivity index (χ3v) is 9.17. The monoisotopic (exact) mass is 509 g/mol. The maximum atomic E-state index is 13.1. The topological polar surface area (TPSA) is 81.7 Å². The van der Waals surface area contributed by atoms with E-state index in [1.807, 2.05) is 5.38 Å². The molecule has 6 nitrogen and oxygen atoms in total. The highest BCUT2D eigenvalue weighted by molar-refractivity contribution is 9.10. The second kappa shape index (κ2) is 7.87. The number of rotatable bonds is 7. The third-order valence-electron chi connectivity index (χ3n) is 7.33. The van der Waals surface area contributed by atoms with Gasteiger partial charge in [0.15, 0.2) is 6.61 Å². The Labute approximate surface area is 194 Å². The summed E-state index contributed by atoms with van der Waals surface area (Å²) in [5, 5.41) is 5.19. The molecule has 5 aliphatic rings. The Balaban J connectivity index is 1.23. The third kappa shape index (κ3) is 4.06. The minimum Gasteiger partial charge on any atom is -0.462 e. The van der Waals surface area contributed by atoms with Crippen molar-refractivity contribution in [1.29, 1.82) is 0 Å². The van der Waals surface area contributed by atoms with E-state index in [-0.39, 0.29) is 23.5 Å². The molecule has 4 bridgehead atoms. The predicted octanol–water partition coefficient (Wildman–Crippen LogP) is 5.02. The summed E-state index contributed by atoms with van der Waals surface area (Å²) in [7, 11) is 0. The molecule has 5 fully saturated rings. The lowest BCUT2D eigenvalue weighted by atomic mass is 9.49. The Morgan fingerprint density at radius 2 is 1.87 bits per heavy atom. The largest absolute Gasteiger partial charge is 0.462 e. The van der Waals surface area contributed by atoms with E-state index in [0.717, 1.165) is 50.5 Å². The van der Waals surface area contributed by atoms with E-state index >= 15 is 0 Å². The molecule has 1 aromatic rings. The molecule has 168 valence electrons. The predicted molar refractivity (Wildman–Crippen MR) is 121 cm³/mol. The summed E-state index contributed by atoms with van der Waals surface area (Å²) < 4.78 is 10.8. The van der Waals surface area contributed by atoms with Crippen LogP contribution in [0.1, 0.15) is 80.1 Å². The number of alkyl halides is 1. The van der Waals surface area contributed by atoms with Crippen LogP contribution in [0.2, 0.25) is 0 Å². The van der Waals surface area contributed by atoms with E-state index in [9.17, 15) is 14.4 Å². The normalized spacial score (nSPS) is 33.2. The van der Waals surface area contributed by atoms with Gasteiger partial charge < -0.3 is 14.8 Å². The van der Waals surface area contributed by atoms with Crippen LogP contribution in [0.5, 0.6) is 0 Å². The molecule has 0 radical (unpaired) electrons. The molecule has 1 aromatic heterocycles. The summed E-state index contributed by atoms with van der Waals surface area (Å²) in [5.74, 6) is 0.445. The maximum Gasteiger partial charge on any atom is 0.341 e. The number of esters is 2. The first-order valence-corrected chi connectivity index (χ1v) is 12.9. The Bertz CT molecular complexity index is 909. The van der Waals surface area contributed by atoms with Crippen LogP contribution >= 0.6 is 27.3 Å². The second-order valence-electron chi connectivity index (χ2n) is 9.91. The standard InChI is InChI=1S/C23H28BrNO5S/c1-2-29-20(27)18-16(15-3-4-15)11-31-19(18)25-17(26)10-30-21(28)22-6-13-5-14(7-22)9-23(24,8-13)12-22/h11,13-15H,2-10,12H2,1H3,(H,25,26). The highest BCUT2D eigenvalue weighted by Gasteiger charge is 2.60. The van der Waals surface area contributed by atoms with Crippen LogP contribution in [0.4, 0.5) is 5.00 Å². The van der Waals surface area contributed by atoms with Crippen LogP contribution in [-0.4, -0.2) is 35.4 Å². The zero-order chi connectivity index (χ0) is 21.8. The number of amides is 1. The van der Waals surface area contributed by atoms with Crippen LogP contribution in [0, 0.1) is 17.3 Å². The van der Waals surface area contributed by atoms with Gasteiger partial charge >= 0.3 is 11.9 Å². The van der Waals surface area contributed by atoms with Gasteiger partial charge in [-0.2, -0.15) is 0 Å². The molecule has 2 atom stereocenters. The summed E-state index contributed by atoms with van der Waals surface area (Å²) >= 11 is 5.24. The first-order valence-electron chi connectivity index (χ1n) is 11.3. The maximum absolute atomic E-state index is 13.1. The summed E-state index contributed by atoms with van der Waals surface area (Å²) in [6.07, 6.45) is 8.13. The molecule has 0 aliphatic heterocycles. The van der Waals surface area contributed by atoms with Crippen molar-refractivity contribution in [2.24, 2.45) is 17.3 Å². The van der Waals surface area contributed by atoms with Crippen molar-refractivity contribution in [2.75, 3.05) is 18.5 Å². The lowest BCUT2D eigenvalue weighted by molar-refractivity contribution is -0.170. The van der Waals surface area contributed by atoms with Gasteiger partial charge in [0.2, 0.25) is 0 Å². The van der Waals surface area contributed by atoms with E-state index in [0.29, 0.717) is 28.3 Å². The van der Waals surface area contributed by atoms with Gasteiger partial charge in [-0.3, -0.25) is 9.59 Å². The minimum absolute atomic E-state index is 0.0586. The quantitative estimate of drug-likeness (QED) is 0.412. The number of hydrogen-bond acceptors (Lipinski definition) is 6. The van der Waals surface area contributed by atoms with Gasteiger partial charge in [0.05, 0.1) is 17.6 Å². The lowest BCUT2D eigenvalue weighted by Crippen LogP contribution is -2.56. The average Bonchev–Trinajstić information content (AvgIpc) is 3.45. The molecule has 0 saturated heterocycles. The lowest BCUT2D eigenvalue weighted by Gasteiger charge is -2.58. The number of thiophene rings is 1. The van der Waals surface area contributed by atoms with E-state index < -0.39 is 17.3 Å². The van der Waals surface area contributed by atoms with Crippen LogP contribution in [0.15, 0.2) is 5.38 Å². The van der Waals surface area contributed by atoms with Crippen LogP contribution < -0.4 is 5.32 Å². The number of hydrogen-bond donors (Lipinski definition) is 1. The summed E-state index contributed by atoms with van der Waals surface area (Å²) in [6, 6.07) is 0. The minimum atomic E-state index is -0.452. The summed E-state index contributed by atoms with van der Waals surface area (Å²) in [5.41, 5.74) is 0.953. The van der Waals surface area contributed by atoms with Crippen LogP contribution in [-0.2, 0) is 19.1 Å². The molecule has 5 saturated carbocycles. The van der Waals surface area contributed by atoms with Gasteiger partial charge in [0.25, 0.3) is 5.91 Å². The van der Waals surface area contributed by atoms with Crippen molar-refractivity contribution in [3.63, 3.8) is 0 Å². The number of carbonyl (C=O) groups excluding carboxylic acids is 3. The van der Waals surface area contributed by atoms with Crippen molar-refractivity contribution in [3.8, 4) is 0 Å². The number of anilines is 1. The fourth-order valence-corrected chi connectivity index (χ4v) is 8.91. The molecule has 31 heavy (non-hydrogen) atoms. The average molecular weight is 510 g/mol.